The zero-order valence-corrected chi connectivity index (χ0v) is 38.9. The summed E-state index contributed by atoms with van der Waals surface area (Å²) in [5.74, 6) is -0.840. The van der Waals surface area contributed by atoms with Gasteiger partial charge < -0.3 is 39.4 Å². The van der Waals surface area contributed by atoms with Crippen LogP contribution < -0.4 is 0 Å². The third-order valence-corrected chi connectivity index (χ3v) is 11.5. The highest BCUT2D eigenvalue weighted by Crippen LogP contribution is 2.23. The Balaban J connectivity index is 2.28. The number of aliphatic hydroxyl groups is 4. The summed E-state index contributed by atoms with van der Waals surface area (Å²) in [4.78, 5) is 25.4. The fourth-order valence-corrected chi connectivity index (χ4v) is 7.51. The van der Waals surface area contributed by atoms with Gasteiger partial charge in [-0.05, 0) is 70.6 Å². The Labute approximate surface area is 372 Å². The van der Waals surface area contributed by atoms with E-state index in [0.29, 0.717) is 12.8 Å². The molecule has 4 N–H and O–H groups in total. The van der Waals surface area contributed by atoms with Crippen LogP contribution in [0, 0.1) is 0 Å². The SMILES string of the molecule is CCCCCCCC/C=C/C/C=C/CCCCC(=O)OC[C@H](CO[C@@H]1O[C@H](CO)[C@H](O)C(O)C1O)OC(=O)CCCCCCCCCCCCC/C=C/CCCCCCCC. The van der Waals surface area contributed by atoms with Gasteiger partial charge in [0.2, 0.25) is 0 Å². The zero-order valence-electron chi connectivity index (χ0n) is 38.9. The fourth-order valence-electron chi connectivity index (χ4n) is 7.51. The van der Waals surface area contributed by atoms with E-state index in [9.17, 15) is 30.0 Å². The number of carbonyl (C=O) groups is 2. The lowest BCUT2D eigenvalue weighted by Gasteiger charge is -2.39. The topological polar surface area (TPSA) is 152 Å². The van der Waals surface area contributed by atoms with E-state index < -0.39 is 55.4 Å². The van der Waals surface area contributed by atoms with Gasteiger partial charge in [0.05, 0.1) is 13.2 Å². The van der Waals surface area contributed by atoms with Crippen LogP contribution in [-0.4, -0.2) is 89.0 Å². The van der Waals surface area contributed by atoms with E-state index in [0.717, 1.165) is 44.9 Å². The Morgan fingerprint density at radius 2 is 0.918 bits per heavy atom. The lowest BCUT2D eigenvalue weighted by molar-refractivity contribution is -0.305. The number of carbonyl (C=O) groups excluding carboxylic acids is 2. The lowest BCUT2D eigenvalue weighted by Crippen LogP contribution is -2.59. The molecule has 0 aliphatic carbocycles. The van der Waals surface area contributed by atoms with Gasteiger partial charge in [0.25, 0.3) is 0 Å². The maximum absolute atomic E-state index is 12.8. The molecule has 1 heterocycles. The normalized spacial score (nSPS) is 20.0. The van der Waals surface area contributed by atoms with Crippen LogP contribution in [-0.2, 0) is 28.5 Å². The Bertz CT molecular complexity index is 1090. The smallest absolute Gasteiger partial charge is 0.306 e. The molecule has 1 aliphatic rings. The second kappa shape index (κ2) is 41.9. The van der Waals surface area contributed by atoms with Crippen LogP contribution in [0.15, 0.2) is 36.5 Å². The minimum Gasteiger partial charge on any atom is -0.462 e. The average Bonchev–Trinajstić information content (AvgIpc) is 3.26. The fraction of sp³-hybridized carbons (Fsp3) is 0.843. The molecule has 1 saturated heterocycles. The summed E-state index contributed by atoms with van der Waals surface area (Å²) < 4.78 is 22.2. The van der Waals surface area contributed by atoms with Crippen molar-refractivity contribution >= 4 is 11.9 Å². The molecule has 10 nitrogen and oxygen atoms in total. The van der Waals surface area contributed by atoms with Crippen molar-refractivity contribution in [2.24, 2.45) is 0 Å². The molecule has 1 aliphatic heterocycles. The van der Waals surface area contributed by atoms with E-state index in [2.05, 4.69) is 50.3 Å². The van der Waals surface area contributed by atoms with Crippen molar-refractivity contribution in [3.05, 3.63) is 36.5 Å². The van der Waals surface area contributed by atoms with Gasteiger partial charge in [-0.2, -0.15) is 0 Å². The summed E-state index contributed by atoms with van der Waals surface area (Å²) in [5.41, 5.74) is 0. The van der Waals surface area contributed by atoms with Crippen LogP contribution in [0.3, 0.4) is 0 Å². The second-order valence-corrected chi connectivity index (χ2v) is 17.3. The van der Waals surface area contributed by atoms with Gasteiger partial charge >= 0.3 is 11.9 Å². The molecule has 356 valence electrons. The van der Waals surface area contributed by atoms with Crippen LogP contribution in [0.2, 0.25) is 0 Å². The molecule has 0 radical (unpaired) electrons. The number of hydrogen-bond acceptors (Lipinski definition) is 10. The van der Waals surface area contributed by atoms with Crippen LogP contribution in [0.25, 0.3) is 0 Å². The largest absolute Gasteiger partial charge is 0.462 e. The van der Waals surface area contributed by atoms with Crippen molar-refractivity contribution in [2.75, 3.05) is 19.8 Å². The first kappa shape index (κ1) is 56.9. The first-order valence-corrected chi connectivity index (χ1v) is 25.1. The minimum absolute atomic E-state index is 0.223. The number of hydrogen-bond donors (Lipinski definition) is 4. The lowest BCUT2D eigenvalue weighted by atomic mass is 9.99. The van der Waals surface area contributed by atoms with Gasteiger partial charge in [0, 0.05) is 12.8 Å². The maximum atomic E-state index is 12.8. The highest BCUT2D eigenvalue weighted by Gasteiger charge is 2.44. The summed E-state index contributed by atoms with van der Waals surface area (Å²) in [6.07, 6.45) is 41.5. The molecule has 2 unspecified atom stereocenters. The Morgan fingerprint density at radius 3 is 1.41 bits per heavy atom. The quantitative estimate of drug-likeness (QED) is 0.0265. The number of unbranched alkanes of at least 4 members (excludes halogenated alkanes) is 25. The first-order valence-electron chi connectivity index (χ1n) is 25.1. The van der Waals surface area contributed by atoms with Gasteiger partial charge in [-0.3, -0.25) is 9.59 Å². The molecule has 0 amide bonds. The summed E-state index contributed by atoms with van der Waals surface area (Å²) in [7, 11) is 0. The standard InChI is InChI=1S/C51H92O10/c1-3-5-7-9-11-13-15-17-19-20-21-22-23-24-26-28-30-32-34-36-38-40-47(54)60-44(43-59-51-50(57)49(56)48(55)45(41-52)61-51)42-58-46(53)39-37-35-33-31-29-27-25-18-16-14-12-10-8-6-4-2/h17-19,25,29,31,44-45,48-52,55-57H,3-16,20-24,26-28,30,32-43H2,1-2H3/b19-17+,25-18+,31-29+/t44-,45-,48+,49?,50?,51-/m1/s1. The molecule has 1 rings (SSSR count). The molecule has 0 aromatic carbocycles. The van der Waals surface area contributed by atoms with Gasteiger partial charge in [-0.25, -0.2) is 0 Å². The summed E-state index contributed by atoms with van der Waals surface area (Å²) in [6, 6.07) is 0. The maximum Gasteiger partial charge on any atom is 0.306 e. The predicted molar refractivity (Wildman–Crippen MR) is 247 cm³/mol. The number of esters is 2. The molecule has 0 aromatic heterocycles. The van der Waals surface area contributed by atoms with Gasteiger partial charge in [-0.15, -0.1) is 0 Å². The third kappa shape index (κ3) is 33.1. The van der Waals surface area contributed by atoms with Crippen LogP contribution in [0.5, 0.6) is 0 Å². The van der Waals surface area contributed by atoms with Crippen molar-refractivity contribution in [2.45, 2.75) is 256 Å². The molecular formula is C51H92O10. The van der Waals surface area contributed by atoms with E-state index in [-0.39, 0.29) is 26.1 Å². The third-order valence-electron chi connectivity index (χ3n) is 11.5. The molecular weight excluding hydrogens is 773 g/mol. The van der Waals surface area contributed by atoms with Crippen molar-refractivity contribution in [3.8, 4) is 0 Å². The van der Waals surface area contributed by atoms with Crippen LogP contribution >= 0.6 is 0 Å². The molecule has 10 heteroatoms. The van der Waals surface area contributed by atoms with Crippen molar-refractivity contribution in [3.63, 3.8) is 0 Å². The first-order chi connectivity index (χ1) is 29.8. The summed E-state index contributed by atoms with van der Waals surface area (Å²) in [6.45, 7) is 3.40. The van der Waals surface area contributed by atoms with Gasteiger partial charge in [0.15, 0.2) is 12.4 Å². The molecule has 61 heavy (non-hydrogen) atoms. The Kier molecular flexibility index (Phi) is 39.1. The molecule has 0 saturated carbocycles. The van der Waals surface area contributed by atoms with Crippen molar-refractivity contribution in [1.82, 2.24) is 0 Å². The molecule has 0 bridgehead atoms. The number of allylic oxidation sites excluding steroid dienone is 6. The molecule has 1 fully saturated rings. The minimum atomic E-state index is -1.60. The Morgan fingerprint density at radius 1 is 0.508 bits per heavy atom. The van der Waals surface area contributed by atoms with Gasteiger partial charge in [-0.1, -0.05) is 172 Å². The predicted octanol–water partition coefficient (Wildman–Crippen LogP) is 11.4. The Hall–Kier alpha value is -2.08. The van der Waals surface area contributed by atoms with Crippen molar-refractivity contribution in [1.29, 1.82) is 0 Å². The monoisotopic (exact) mass is 865 g/mol. The van der Waals surface area contributed by atoms with Crippen LogP contribution in [0.1, 0.15) is 219 Å². The van der Waals surface area contributed by atoms with E-state index in [1.165, 1.54) is 135 Å². The average molecular weight is 865 g/mol. The van der Waals surface area contributed by atoms with Crippen LogP contribution in [0.4, 0.5) is 0 Å². The van der Waals surface area contributed by atoms with E-state index in [4.69, 9.17) is 18.9 Å². The molecule has 0 aromatic rings. The van der Waals surface area contributed by atoms with Crippen molar-refractivity contribution < 1.29 is 49.0 Å². The van der Waals surface area contributed by atoms with Gasteiger partial charge in [0.1, 0.15) is 31.0 Å². The summed E-state index contributed by atoms with van der Waals surface area (Å²) in [5, 5.41) is 40.2. The van der Waals surface area contributed by atoms with E-state index >= 15 is 0 Å². The highest BCUT2D eigenvalue weighted by atomic mass is 16.7. The molecule has 0 spiro atoms. The highest BCUT2D eigenvalue weighted by molar-refractivity contribution is 5.70. The second-order valence-electron chi connectivity index (χ2n) is 17.3. The number of aliphatic hydroxyl groups excluding tert-OH is 4. The zero-order chi connectivity index (χ0) is 44.4. The van der Waals surface area contributed by atoms with E-state index in [1.807, 2.05) is 0 Å². The number of ether oxygens (including phenoxy) is 4. The number of rotatable bonds is 42. The van der Waals surface area contributed by atoms with E-state index in [1.54, 1.807) is 0 Å². The molecule has 6 atom stereocenters. The summed E-state index contributed by atoms with van der Waals surface area (Å²) >= 11 is 0.